The highest BCUT2D eigenvalue weighted by Gasteiger charge is 2.33. The van der Waals surface area contributed by atoms with Crippen molar-refractivity contribution in [2.24, 2.45) is 0 Å². The molecule has 10 heteroatoms. The number of hydrogen-bond donors (Lipinski definition) is 1. The van der Waals surface area contributed by atoms with E-state index in [-0.39, 0.29) is 28.1 Å². The minimum atomic E-state index is -4.16. The van der Waals surface area contributed by atoms with Gasteiger partial charge in [0.05, 0.1) is 22.7 Å². The van der Waals surface area contributed by atoms with Crippen molar-refractivity contribution in [3.8, 4) is 5.75 Å². The highest BCUT2D eigenvalue weighted by Crippen LogP contribution is 2.32. The predicted molar refractivity (Wildman–Crippen MR) is 154 cm³/mol. The summed E-state index contributed by atoms with van der Waals surface area (Å²) in [4.78, 5) is 28.4. The fourth-order valence-electron chi connectivity index (χ4n) is 4.25. The van der Waals surface area contributed by atoms with Gasteiger partial charge in [-0.1, -0.05) is 67.1 Å². The zero-order chi connectivity index (χ0) is 28.4. The fourth-order valence-corrected chi connectivity index (χ4v) is 5.93. The molecule has 0 aliphatic carbocycles. The van der Waals surface area contributed by atoms with Crippen molar-refractivity contribution >= 4 is 39.1 Å². The van der Waals surface area contributed by atoms with Gasteiger partial charge >= 0.3 is 0 Å². The predicted octanol–water partition coefficient (Wildman–Crippen LogP) is 4.53. The molecule has 0 fully saturated rings. The number of amides is 2. The van der Waals surface area contributed by atoms with E-state index in [9.17, 15) is 18.0 Å². The van der Waals surface area contributed by atoms with Crippen molar-refractivity contribution in [1.29, 1.82) is 0 Å². The lowest BCUT2D eigenvalue weighted by Gasteiger charge is -2.33. The van der Waals surface area contributed by atoms with Crippen molar-refractivity contribution in [2.45, 2.75) is 37.6 Å². The minimum Gasteiger partial charge on any atom is -0.495 e. The Morgan fingerprint density at radius 1 is 0.974 bits per heavy atom. The molecule has 0 bridgehead atoms. The maximum Gasteiger partial charge on any atom is 0.264 e. The second-order valence-corrected chi connectivity index (χ2v) is 11.1. The molecule has 1 N–H and O–H groups in total. The number of halogens is 1. The number of nitrogens with one attached hydrogen (secondary N) is 1. The van der Waals surface area contributed by atoms with Gasteiger partial charge in [0.25, 0.3) is 10.0 Å². The average molecular weight is 572 g/mol. The van der Waals surface area contributed by atoms with Crippen molar-refractivity contribution < 1.29 is 22.7 Å². The molecule has 0 aliphatic rings. The zero-order valence-electron chi connectivity index (χ0n) is 22.3. The van der Waals surface area contributed by atoms with Gasteiger partial charge in [0.1, 0.15) is 18.3 Å². The van der Waals surface area contributed by atoms with Gasteiger partial charge in [0, 0.05) is 13.1 Å². The molecule has 0 saturated heterocycles. The third-order valence-corrected chi connectivity index (χ3v) is 8.34. The van der Waals surface area contributed by atoms with E-state index in [1.807, 2.05) is 44.2 Å². The molecular formula is C29H34ClN3O5S. The molecule has 8 nitrogen and oxygen atoms in total. The number of carbonyl (C=O) groups is 2. The van der Waals surface area contributed by atoms with Crippen LogP contribution >= 0.6 is 11.6 Å². The normalized spacial score (nSPS) is 11.9. The van der Waals surface area contributed by atoms with Crippen LogP contribution in [0.5, 0.6) is 5.75 Å². The van der Waals surface area contributed by atoms with Crippen LogP contribution in [0.3, 0.4) is 0 Å². The molecule has 1 atom stereocenters. The number of methoxy groups -OCH3 is 1. The van der Waals surface area contributed by atoms with Gasteiger partial charge in [-0.2, -0.15) is 0 Å². The quantitative estimate of drug-likeness (QED) is 0.325. The van der Waals surface area contributed by atoms with Crippen LogP contribution < -0.4 is 14.4 Å². The van der Waals surface area contributed by atoms with Gasteiger partial charge in [0.2, 0.25) is 11.8 Å². The molecule has 3 aromatic carbocycles. The maximum absolute atomic E-state index is 13.9. The summed E-state index contributed by atoms with van der Waals surface area (Å²) < 4.78 is 33.9. The summed E-state index contributed by atoms with van der Waals surface area (Å²) in [5, 5.41) is 2.99. The number of hydrogen-bond acceptors (Lipinski definition) is 5. The molecule has 0 aliphatic heterocycles. The van der Waals surface area contributed by atoms with E-state index in [1.165, 1.54) is 36.3 Å². The van der Waals surface area contributed by atoms with Crippen molar-refractivity contribution in [1.82, 2.24) is 10.2 Å². The second-order valence-electron chi connectivity index (χ2n) is 8.78. The lowest BCUT2D eigenvalue weighted by molar-refractivity contribution is -0.139. The number of sulfonamides is 1. The number of likely N-dealkylation sites (N-methyl/N-ethyl adjacent to an activating group) is 1. The molecule has 0 heterocycles. The Morgan fingerprint density at radius 3 is 2.18 bits per heavy atom. The molecule has 0 spiro atoms. The molecular weight excluding hydrogens is 538 g/mol. The molecule has 0 radical (unpaired) electrons. The second kappa shape index (κ2) is 14.0. The van der Waals surface area contributed by atoms with Crippen LogP contribution in [0.4, 0.5) is 5.69 Å². The molecule has 2 amide bonds. The van der Waals surface area contributed by atoms with Crippen LogP contribution in [-0.2, 0) is 26.0 Å². The first-order valence-electron chi connectivity index (χ1n) is 12.7. The van der Waals surface area contributed by atoms with Crippen LogP contribution in [0.15, 0.2) is 83.8 Å². The van der Waals surface area contributed by atoms with E-state index in [4.69, 9.17) is 16.3 Å². The SMILES string of the molecule is CCNC(=O)[C@@H](CC)N(CCc1ccccc1)C(=O)CN(c1ccc(OC)c(Cl)c1)S(=O)(=O)c1ccccc1. The number of carbonyl (C=O) groups excluding carboxylic acids is 2. The van der Waals surface area contributed by atoms with E-state index in [2.05, 4.69) is 5.32 Å². The van der Waals surface area contributed by atoms with Crippen LogP contribution in [-0.4, -0.2) is 57.9 Å². The highest BCUT2D eigenvalue weighted by molar-refractivity contribution is 7.92. The molecule has 0 unspecified atom stereocenters. The Labute approximate surface area is 235 Å². The minimum absolute atomic E-state index is 0.0244. The van der Waals surface area contributed by atoms with Crippen molar-refractivity contribution in [3.05, 3.63) is 89.4 Å². The smallest absolute Gasteiger partial charge is 0.264 e. The number of ether oxygens (including phenoxy) is 1. The van der Waals surface area contributed by atoms with Gasteiger partial charge in [-0.25, -0.2) is 8.42 Å². The van der Waals surface area contributed by atoms with Crippen LogP contribution in [0, 0.1) is 0 Å². The first-order chi connectivity index (χ1) is 18.7. The molecule has 0 aromatic heterocycles. The Hall–Kier alpha value is -3.56. The summed E-state index contributed by atoms with van der Waals surface area (Å²) in [6.45, 7) is 3.76. The lowest BCUT2D eigenvalue weighted by atomic mass is 10.1. The van der Waals surface area contributed by atoms with Crippen LogP contribution in [0.1, 0.15) is 25.8 Å². The summed E-state index contributed by atoms with van der Waals surface area (Å²) in [5.41, 5.74) is 1.20. The van der Waals surface area contributed by atoms with Gasteiger partial charge in [-0.05, 0) is 55.7 Å². The monoisotopic (exact) mass is 571 g/mol. The third-order valence-electron chi connectivity index (χ3n) is 6.25. The van der Waals surface area contributed by atoms with Crippen molar-refractivity contribution in [2.75, 3.05) is 31.0 Å². The van der Waals surface area contributed by atoms with Gasteiger partial charge in [-0.3, -0.25) is 13.9 Å². The highest BCUT2D eigenvalue weighted by atomic mass is 35.5. The summed E-state index contributed by atoms with van der Waals surface area (Å²) in [6.07, 6.45) is 0.869. The van der Waals surface area contributed by atoms with E-state index in [0.717, 1.165) is 9.87 Å². The first-order valence-corrected chi connectivity index (χ1v) is 14.6. The summed E-state index contributed by atoms with van der Waals surface area (Å²) in [5.74, 6) is -0.419. The Kier molecular flexibility index (Phi) is 10.8. The van der Waals surface area contributed by atoms with Gasteiger partial charge in [0.15, 0.2) is 0 Å². The number of benzene rings is 3. The molecule has 3 rings (SSSR count). The largest absolute Gasteiger partial charge is 0.495 e. The first kappa shape index (κ1) is 30.0. The molecule has 3 aromatic rings. The number of anilines is 1. The summed E-state index contributed by atoms with van der Waals surface area (Å²) in [7, 11) is -2.71. The number of rotatable bonds is 13. The zero-order valence-corrected chi connectivity index (χ0v) is 23.9. The van der Waals surface area contributed by atoms with E-state index in [1.54, 1.807) is 24.3 Å². The average Bonchev–Trinajstić information content (AvgIpc) is 2.94. The van der Waals surface area contributed by atoms with Gasteiger partial charge < -0.3 is 15.0 Å². The van der Waals surface area contributed by atoms with Crippen LogP contribution in [0.2, 0.25) is 5.02 Å². The number of nitrogens with zero attached hydrogens (tertiary/aromatic N) is 2. The lowest BCUT2D eigenvalue weighted by Crippen LogP contribution is -2.53. The Bertz CT molecular complexity index is 1350. The standard InChI is InChI=1S/C29H34ClN3O5S/c1-4-26(29(35)31-5-2)32(19-18-22-12-8-6-9-13-22)28(34)21-33(23-16-17-27(38-3)25(30)20-23)39(36,37)24-14-10-7-11-15-24/h6-17,20,26H,4-5,18-19,21H2,1-3H3,(H,31,35)/t26-/m1/s1. The van der Waals surface area contributed by atoms with E-state index < -0.39 is 28.5 Å². The third kappa shape index (κ3) is 7.52. The summed E-state index contributed by atoms with van der Waals surface area (Å²) in [6, 6.07) is 21.3. The van der Waals surface area contributed by atoms with Gasteiger partial charge in [-0.15, -0.1) is 0 Å². The van der Waals surface area contributed by atoms with Crippen molar-refractivity contribution in [3.63, 3.8) is 0 Å². The molecule has 208 valence electrons. The van der Waals surface area contributed by atoms with Crippen LogP contribution in [0.25, 0.3) is 0 Å². The molecule has 0 saturated carbocycles. The van der Waals surface area contributed by atoms with E-state index >= 15 is 0 Å². The topological polar surface area (TPSA) is 96.0 Å². The Balaban J connectivity index is 2.03. The Morgan fingerprint density at radius 2 is 1.62 bits per heavy atom. The summed E-state index contributed by atoms with van der Waals surface area (Å²) >= 11 is 6.34. The fraction of sp³-hybridized carbons (Fsp3) is 0.310. The van der Waals surface area contributed by atoms with E-state index in [0.29, 0.717) is 25.1 Å². The maximum atomic E-state index is 13.9. The molecule has 39 heavy (non-hydrogen) atoms.